The monoisotopic (exact) mass is 200 g/mol. The minimum absolute atomic E-state index is 0.0514. The van der Waals surface area contributed by atoms with E-state index < -0.39 is 6.04 Å². The summed E-state index contributed by atoms with van der Waals surface area (Å²) in [5.74, 6) is -0.379. The molecule has 5 heteroatoms. The van der Waals surface area contributed by atoms with Gasteiger partial charge in [-0.15, -0.1) is 0 Å². The molecule has 0 aliphatic rings. The number of nitrogens with zero attached hydrogens (tertiary/aromatic N) is 1. The molecule has 1 atom stereocenters. The maximum atomic E-state index is 11.0. The number of rotatable bonds is 7. The maximum absolute atomic E-state index is 11.0. The summed E-state index contributed by atoms with van der Waals surface area (Å²) < 4.78 is 4.70. The molecule has 0 saturated heterocycles. The number of carbonyl (C=O) groups is 1. The molecule has 0 saturated carbocycles. The fourth-order valence-electron chi connectivity index (χ4n) is 0.905. The van der Waals surface area contributed by atoms with Crippen LogP contribution in [0.25, 0.3) is 0 Å². The Bertz CT molecular complexity index is 201. The summed E-state index contributed by atoms with van der Waals surface area (Å²) in [5.41, 5.74) is 0. The molecular weight excluding hydrogens is 184 g/mol. The van der Waals surface area contributed by atoms with Gasteiger partial charge in [-0.2, -0.15) is 5.26 Å². The van der Waals surface area contributed by atoms with Crippen molar-refractivity contribution in [3.63, 3.8) is 0 Å². The first-order chi connectivity index (χ1) is 6.74. The molecule has 0 fully saturated rings. The van der Waals surface area contributed by atoms with Crippen molar-refractivity contribution in [2.75, 3.05) is 19.8 Å². The van der Waals surface area contributed by atoms with Crippen LogP contribution in [-0.4, -0.2) is 36.9 Å². The molecule has 80 valence electrons. The molecular formula is C9H16N2O3. The lowest BCUT2D eigenvalue weighted by molar-refractivity contribution is -0.143. The van der Waals surface area contributed by atoms with Crippen LogP contribution in [0.15, 0.2) is 0 Å². The topological polar surface area (TPSA) is 82.4 Å². The van der Waals surface area contributed by atoms with Crippen LogP contribution in [0.4, 0.5) is 0 Å². The van der Waals surface area contributed by atoms with Crippen molar-refractivity contribution in [2.45, 2.75) is 25.8 Å². The molecule has 0 spiro atoms. The van der Waals surface area contributed by atoms with Gasteiger partial charge in [0.1, 0.15) is 6.04 Å². The fraction of sp³-hybridized carbons (Fsp3) is 0.778. The largest absolute Gasteiger partial charge is 0.466 e. The van der Waals surface area contributed by atoms with E-state index in [1.54, 1.807) is 6.92 Å². The summed E-state index contributed by atoms with van der Waals surface area (Å²) in [5, 5.41) is 20.0. The molecule has 14 heavy (non-hydrogen) atoms. The van der Waals surface area contributed by atoms with E-state index >= 15 is 0 Å². The first-order valence-corrected chi connectivity index (χ1v) is 4.64. The summed E-state index contributed by atoms with van der Waals surface area (Å²) in [6, 6.07) is 1.43. The second-order valence-electron chi connectivity index (χ2n) is 2.72. The zero-order valence-corrected chi connectivity index (χ0v) is 8.32. The number of aliphatic hydroxyl groups is 1. The highest BCUT2D eigenvalue weighted by Gasteiger charge is 2.12. The van der Waals surface area contributed by atoms with E-state index in [1.165, 1.54) is 0 Å². The Morgan fingerprint density at radius 2 is 2.43 bits per heavy atom. The van der Waals surface area contributed by atoms with Crippen molar-refractivity contribution in [2.24, 2.45) is 0 Å². The Labute approximate surface area is 83.7 Å². The zero-order valence-electron chi connectivity index (χ0n) is 8.32. The summed E-state index contributed by atoms with van der Waals surface area (Å²) in [4.78, 5) is 11.0. The molecule has 0 amide bonds. The Balaban J connectivity index is 3.68. The standard InChI is InChI=1S/C9H16N2O3/c1-2-14-9(13)6-8(7-10)11-4-3-5-12/h8,11-12H,2-6H2,1H3. The summed E-state index contributed by atoms with van der Waals surface area (Å²) in [7, 11) is 0. The van der Waals surface area contributed by atoms with Crippen molar-refractivity contribution in [3.05, 3.63) is 0 Å². The molecule has 0 aromatic rings. The third-order valence-electron chi connectivity index (χ3n) is 1.56. The smallest absolute Gasteiger partial charge is 0.308 e. The number of nitrogens with one attached hydrogen (secondary N) is 1. The van der Waals surface area contributed by atoms with Crippen molar-refractivity contribution in [3.8, 4) is 6.07 Å². The number of hydrogen-bond donors (Lipinski definition) is 2. The highest BCUT2D eigenvalue weighted by atomic mass is 16.5. The van der Waals surface area contributed by atoms with E-state index in [1.807, 2.05) is 6.07 Å². The molecule has 2 N–H and O–H groups in total. The van der Waals surface area contributed by atoms with Gasteiger partial charge in [-0.3, -0.25) is 4.79 Å². The van der Waals surface area contributed by atoms with Gasteiger partial charge in [0.2, 0.25) is 0 Å². The van der Waals surface area contributed by atoms with E-state index in [0.29, 0.717) is 19.6 Å². The van der Waals surface area contributed by atoms with E-state index in [4.69, 9.17) is 15.1 Å². The Kier molecular flexibility index (Phi) is 7.80. The van der Waals surface area contributed by atoms with E-state index in [2.05, 4.69) is 5.32 Å². The molecule has 0 aliphatic carbocycles. The van der Waals surface area contributed by atoms with Crippen LogP contribution >= 0.6 is 0 Å². The predicted octanol–water partition coefficient (Wildman–Crippen LogP) is -0.196. The third kappa shape index (κ3) is 6.40. The van der Waals surface area contributed by atoms with Crippen LogP contribution in [0.3, 0.4) is 0 Å². The molecule has 0 heterocycles. The van der Waals surface area contributed by atoms with Gasteiger partial charge < -0.3 is 15.2 Å². The van der Waals surface area contributed by atoms with Crippen LogP contribution in [0.1, 0.15) is 19.8 Å². The van der Waals surface area contributed by atoms with Crippen LogP contribution in [0.5, 0.6) is 0 Å². The first kappa shape index (κ1) is 12.9. The zero-order chi connectivity index (χ0) is 10.8. The number of carbonyl (C=O) groups excluding carboxylic acids is 1. The Morgan fingerprint density at radius 3 is 2.93 bits per heavy atom. The molecule has 0 rings (SSSR count). The van der Waals surface area contributed by atoms with Crippen LogP contribution in [0.2, 0.25) is 0 Å². The van der Waals surface area contributed by atoms with Gasteiger partial charge in [-0.1, -0.05) is 0 Å². The second-order valence-corrected chi connectivity index (χ2v) is 2.72. The van der Waals surface area contributed by atoms with Gasteiger partial charge in [-0.05, 0) is 19.9 Å². The average Bonchev–Trinajstić information content (AvgIpc) is 2.17. The highest BCUT2D eigenvalue weighted by molar-refractivity contribution is 5.70. The number of aliphatic hydroxyl groups excluding tert-OH is 1. The number of nitriles is 1. The average molecular weight is 200 g/mol. The first-order valence-electron chi connectivity index (χ1n) is 4.64. The molecule has 1 unspecified atom stereocenters. The molecule has 0 aliphatic heterocycles. The summed E-state index contributed by atoms with van der Waals surface area (Å²) >= 11 is 0. The van der Waals surface area contributed by atoms with Gasteiger partial charge in [0.25, 0.3) is 0 Å². The van der Waals surface area contributed by atoms with Gasteiger partial charge >= 0.3 is 5.97 Å². The maximum Gasteiger partial charge on any atom is 0.308 e. The SMILES string of the molecule is CCOC(=O)CC(C#N)NCCCO. The lowest BCUT2D eigenvalue weighted by Crippen LogP contribution is -2.31. The van der Waals surface area contributed by atoms with Gasteiger partial charge in [0.05, 0.1) is 19.1 Å². The Morgan fingerprint density at radius 1 is 1.71 bits per heavy atom. The molecule has 5 nitrogen and oxygen atoms in total. The van der Waals surface area contributed by atoms with E-state index in [0.717, 1.165) is 0 Å². The Hall–Kier alpha value is -1.12. The summed E-state index contributed by atoms with van der Waals surface area (Å²) in [6.07, 6.45) is 0.622. The van der Waals surface area contributed by atoms with Gasteiger partial charge in [0.15, 0.2) is 0 Å². The van der Waals surface area contributed by atoms with Crippen LogP contribution in [0, 0.1) is 11.3 Å². The van der Waals surface area contributed by atoms with E-state index in [9.17, 15) is 4.79 Å². The van der Waals surface area contributed by atoms with Gasteiger partial charge in [0, 0.05) is 6.61 Å². The molecule has 0 aromatic carbocycles. The van der Waals surface area contributed by atoms with Crippen LogP contribution < -0.4 is 5.32 Å². The van der Waals surface area contributed by atoms with Crippen molar-refractivity contribution < 1.29 is 14.6 Å². The molecule has 0 bridgehead atoms. The van der Waals surface area contributed by atoms with Crippen molar-refractivity contribution in [1.82, 2.24) is 5.32 Å². The van der Waals surface area contributed by atoms with Gasteiger partial charge in [-0.25, -0.2) is 0 Å². The fourth-order valence-corrected chi connectivity index (χ4v) is 0.905. The predicted molar refractivity (Wildman–Crippen MR) is 50.4 cm³/mol. The molecule has 0 radical (unpaired) electrons. The minimum Gasteiger partial charge on any atom is -0.466 e. The quantitative estimate of drug-likeness (QED) is 0.439. The van der Waals surface area contributed by atoms with Crippen molar-refractivity contribution >= 4 is 5.97 Å². The number of esters is 1. The van der Waals surface area contributed by atoms with Crippen LogP contribution in [-0.2, 0) is 9.53 Å². The normalized spacial score (nSPS) is 11.8. The molecule has 0 aromatic heterocycles. The minimum atomic E-state index is -0.527. The lowest BCUT2D eigenvalue weighted by Gasteiger charge is -2.09. The third-order valence-corrected chi connectivity index (χ3v) is 1.56. The van der Waals surface area contributed by atoms with E-state index in [-0.39, 0.29) is 19.0 Å². The number of hydrogen-bond acceptors (Lipinski definition) is 5. The second kappa shape index (κ2) is 8.48. The highest BCUT2D eigenvalue weighted by Crippen LogP contribution is 1.94. The lowest BCUT2D eigenvalue weighted by atomic mass is 10.2. The van der Waals surface area contributed by atoms with Crippen molar-refractivity contribution in [1.29, 1.82) is 5.26 Å². The summed E-state index contributed by atoms with van der Waals surface area (Å²) in [6.45, 7) is 2.64. The number of ether oxygens (including phenoxy) is 1.